The minimum atomic E-state index is -0.514. The summed E-state index contributed by atoms with van der Waals surface area (Å²) in [5.74, 6) is 0.709. The first-order valence-corrected chi connectivity index (χ1v) is 10.1. The third kappa shape index (κ3) is 3.76. The summed E-state index contributed by atoms with van der Waals surface area (Å²) in [5.41, 5.74) is 1.47. The lowest BCUT2D eigenvalue weighted by Gasteiger charge is -2.06. The minimum absolute atomic E-state index is 0.103. The predicted molar refractivity (Wildman–Crippen MR) is 114 cm³/mol. The molecule has 0 fully saturated rings. The molecule has 4 rings (SSSR count). The van der Waals surface area contributed by atoms with E-state index in [0.717, 1.165) is 15.0 Å². The van der Waals surface area contributed by atoms with E-state index in [9.17, 15) is 14.9 Å². The number of hydrogen-bond acceptors (Lipinski definition) is 7. The number of rotatable bonds is 5. The standard InChI is InChI=1S/C19H13BrN4O4S/c1-28-17-5-2-11(20)6-15(17)18-22-12(9-29-18)8-23-10-21-16-7-13(24(26)27)3-4-14(16)19(23)25/h2-7,9-10H,8H2,1H3. The summed E-state index contributed by atoms with van der Waals surface area (Å²) in [7, 11) is 1.60. The molecule has 0 bridgehead atoms. The Morgan fingerprint density at radius 1 is 1.28 bits per heavy atom. The smallest absolute Gasteiger partial charge is 0.271 e. The maximum atomic E-state index is 12.7. The van der Waals surface area contributed by atoms with E-state index in [1.807, 2.05) is 23.6 Å². The lowest BCUT2D eigenvalue weighted by Crippen LogP contribution is -2.21. The molecule has 0 amide bonds. The van der Waals surface area contributed by atoms with Gasteiger partial charge >= 0.3 is 0 Å². The minimum Gasteiger partial charge on any atom is -0.496 e. The maximum absolute atomic E-state index is 12.7. The monoisotopic (exact) mass is 472 g/mol. The number of nitro benzene ring substituents is 1. The summed E-state index contributed by atoms with van der Waals surface area (Å²) in [6.45, 7) is 0.242. The van der Waals surface area contributed by atoms with Crippen molar-refractivity contribution < 1.29 is 9.66 Å². The van der Waals surface area contributed by atoms with Crippen LogP contribution in [0.15, 0.2) is 57.4 Å². The zero-order valence-corrected chi connectivity index (χ0v) is 17.4. The second-order valence-electron chi connectivity index (χ2n) is 6.12. The number of fused-ring (bicyclic) bond motifs is 1. The summed E-state index contributed by atoms with van der Waals surface area (Å²) in [4.78, 5) is 31.9. The van der Waals surface area contributed by atoms with Crippen LogP contribution < -0.4 is 10.3 Å². The van der Waals surface area contributed by atoms with Gasteiger partial charge in [0.05, 0.1) is 47.1 Å². The fourth-order valence-electron chi connectivity index (χ4n) is 2.90. The van der Waals surface area contributed by atoms with Crippen LogP contribution >= 0.6 is 27.3 Å². The zero-order chi connectivity index (χ0) is 20.5. The molecule has 0 aliphatic rings. The highest BCUT2D eigenvalue weighted by Gasteiger charge is 2.14. The van der Waals surface area contributed by atoms with Crippen LogP contribution in [0.3, 0.4) is 0 Å². The molecule has 146 valence electrons. The van der Waals surface area contributed by atoms with Gasteiger partial charge in [-0.05, 0) is 24.3 Å². The first-order chi connectivity index (χ1) is 14.0. The molecule has 4 aromatic rings. The molecule has 8 nitrogen and oxygen atoms in total. The lowest BCUT2D eigenvalue weighted by molar-refractivity contribution is -0.384. The quantitative estimate of drug-likeness (QED) is 0.318. The largest absolute Gasteiger partial charge is 0.496 e. The van der Waals surface area contributed by atoms with Crippen molar-refractivity contribution in [2.75, 3.05) is 7.11 Å². The average Bonchev–Trinajstić information content (AvgIpc) is 3.18. The third-order valence-electron chi connectivity index (χ3n) is 4.30. The molecule has 2 aromatic heterocycles. The highest BCUT2D eigenvalue weighted by molar-refractivity contribution is 9.10. The number of thiazole rings is 1. The molecule has 0 spiro atoms. The number of nitro groups is 1. The van der Waals surface area contributed by atoms with Crippen molar-refractivity contribution in [2.24, 2.45) is 0 Å². The number of benzene rings is 2. The normalized spacial score (nSPS) is 11.0. The predicted octanol–water partition coefficient (Wildman–Crippen LogP) is 4.25. The molecule has 0 aliphatic heterocycles. The molecule has 0 atom stereocenters. The van der Waals surface area contributed by atoms with Gasteiger partial charge in [-0.15, -0.1) is 11.3 Å². The molecule has 2 heterocycles. The highest BCUT2D eigenvalue weighted by Crippen LogP contribution is 2.34. The van der Waals surface area contributed by atoms with Crippen molar-refractivity contribution in [2.45, 2.75) is 6.54 Å². The average molecular weight is 473 g/mol. The summed E-state index contributed by atoms with van der Waals surface area (Å²) in [6.07, 6.45) is 1.38. The maximum Gasteiger partial charge on any atom is 0.271 e. The second-order valence-corrected chi connectivity index (χ2v) is 7.90. The third-order valence-corrected chi connectivity index (χ3v) is 5.71. The van der Waals surface area contributed by atoms with Crippen LogP contribution in [0.5, 0.6) is 5.75 Å². The van der Waals surface area contributed by atoms with Gasteiger partial charge in [0.2, 0.25) is 0 Å². The summed E-state index contributed by atoms with van der Waals surface area (Å²) in [5, 5.41) is 13.9. The molecule has 10 heteroatoms. The van der Waals surface area contributed by atoms with E-state index in [-0.39, 0.29) is 17.8 Å². The Hall–Kier alpha value is -3.11. The highest BCUT2D eigenvalue weighted by atomic mass is 79.9. The van der Waals surface area contributed by atoms with Crippen molar-refractivity contribution in [3.8, 4) is 16.3 Å². The molecule has 0 radical (unpaired) electrons. The Kier molecular flexibility index (Phi) is 5.12. The van der Waals surface area contributed by atoms with E-state index >= 15 is 0 Å². The molecule has 29 heavy (non-hydrogen) atoms. The summed E-state index contributed by atoms with van der Waals surface area (Å²) in [6, 6.07) is 9.70. The van der Waals surface area contributed by atoms with Crippen LogP contribution in [0, 0.1) is 10.1 Å². The summed E-state index contributed by atoms with van der Waals surface area (Å²) < 4.78 is 7.76. The van der Waals surface area contributed by atoms with Gasteiger partial charge in [0.1, 0.15) is 10.8 Å². The van der Waals surface area contributed by atoms with Gasteiger partial charge in [0.15, 0.2) is 0 Å². The molecule has 2 aromatic carbocycles. The van der Waals surface area contributed by atoms with Gasteiger partial charge in [0, 0.05) is 22.0 Å². The van der Waals surface area contributed by atoms with Crippen LogP contribution in [-0.2, 0) is 6.54 Å². The van der Waals surface area contributed by atoms with E-state index < -0.39 is 4.92 Å². The molecule has 0 unspecified atom stereocenters. The Morgan fingerprint density at radius 2 is 2.10 bits per heavy atom. The van der Waals surface area contributed by atoms with Gasteiger partial charge in [-0.25, -0.2) is 9.97 Å². The number of halogens is 1. The number of non-ortho nitro benzene ring substituents is 1. The van der Waals surface area contributed by atoms with Crippen molar-refractivity contribution >= 4 is 43.9 Å². The number of aromatic nitrogens is 3. The molecule has 0 aliphatic carbocycles. The Balaban J connectivity index is 1.67. The zero-order valence-electron chi connectivity index (χ0n) is 15.0. The molecule has 0 saturated carbocycles. The first-order valence-electron chi connectivity index (χ1n) is 8.38. The van der Waals surface area contributed by atoms with Crippen LogP contribution in [-0.4, -0.2) is 26.6 Å². The Labute approximate surface area is 176 Å². The molecule has 0 saturated heterocycles. The topological polar surface area (TPSA) is 100 Å². The van der Waals surface area contributed by atoms with Crippen LogP contribution in [0.1, 0.15) is 5.69 Å². The SMILES string of the molecule is COc1ccc(Br)cc1-c1nc(Cn2cnc3cc([N+](=O)[O-])ccc3c2=O)cs1. The van der Waals surface area contributed by atoms with Crippen LogP contribution in [0.2, 0.25) is 0 Å². The molecular weight excluding hydrogens is 460 g/mol. The fourth-order valence-corrected chi connectivity index (χ4v) is 4.09. The van der Waals surface area contributed by atoms with Gasteiger partial charge in [-0.3, -0.25) is 19.5 Å². The van der Waals surface area contributed by atoms with E-state index in [2.05, 4.69) is 25.9 Å². The van der Waals surface area contributed by atoms with Crippen LogP contribution in [0.4, 0.5) is 5.69 Å². The second kappa shape index (κ2) is 7.72. The molecular formula is C19H13BrN4O4S. The van der Waals surface area contributed by atoms with Crippen molar-refractivity contribution in [3.05, 3.63) is 78.7 Å². The lowest BCUT2D eigenvalue weighted by atomic mass is 10.2. The first kappa shape index (κ1) is 19.2. The van der Waals surface area contributed by atoms with Crippen molar-refractivity contribution in [1.82, 2.24) is 14.5 Å². The Morgan fingerprint density at radius 3 is 2.86 bits per heavy atom. The number of hydrogen-bond donors (Lipinski definition) is 0. The van der Waals surface area contributed by atoms with Gasteiger partial charge < -0.3 is 4.74 Å². The fraction of sp³-hybridized carbons (Fsp3) is 0.105. The van der Waals surface area contributed by atoms with Crippen molar-refractivity contribution in [1.29, 1.82) is 0 Å². The van der Waals surface area contributed by atoms with E-state index in [1.54, 1.807) is 7.11 Å². The number of ether oxygens (including phenoxy) is 1. The van der Waals surface area contributed by atoms with Gasteiger partial charge in [0.25, 0.3) is 11.2 Å². The summed E-state index contributed by atoms with van der Waals surface area (Å²) >= 11 is 4.91. The van der Waals surface area contributed by atoms with E-state index in [0.29, 0.717) is 22.3 Å². The van der Waals surface area contributed by atoms with Gasteiger partial charge in [-0.2, -0.15) is 0 Å². The Bertz CT molecular complexity index is 1300. The molecule has 0 N–H and O–H groups in total. The van der Waals surface area contributed by atoms with Gasteiger partial charge in [-0.1, -0.05) is 15.9 Å². The number of nitrogens with zero attached hydrogens (tertiary/aromatic N) is 4. The van der Waals surface area contributed by atoms with E-state index in [4.69, 9.17) is 4.74 Å². The van der Waals surface area contributed by atoms with E-state index in [1.165, 1.54) is 40.4 Å². The van der Waals surface area contributed by atoms with Crippen molar-refractivity contribution in [3.63, 3.8) is 0 Å². The van der Waals surface area contributed by atoms with Crippen LogP contribution in [0.25, 0.3) is 21.5 Å². The number of methoxy groups -OCH3 is 1.